The van der Waals surface area contributed by atoms with Crippen molar-refractivity contribution in [3.8, 4) is 11.5 Å². The Kier molecular flexibility index (Phi) is 5.90. The van der Waals surface area contributed by atoms with E-state index in [0.29, 0.717) is 34.5 Å². The van der Waals surface area contributed by atoms with Gasteiger partial charge in [-0.05, 0) is 54.2 Å². The van der Waals surface area contributed by atoms with E-state index in [-0.39, 0.29) is 0 Å². The van der Waals surface area contributed by atoms with Gasteiger partial charge in [0.2, 0.25) is 0 Å². The Hall–Kier alpha value is -2.53. The number of benzene rings is 3. The van der Waals surface area contributed by atoms with Crippen LogP contribution in [-0.2, 0) is 12.4 Å². The van der Waals surface area contributed by atoms with Crippen LogP contribution in [0.2, 0.25) is 0 Å². The van der Waals surface area contributed by atoms with Crippen molar-refractivity contribution >= 4 is 19.2 Å². The van der Waals surface area contributed by atoms with Gasteiger partial charge < -0.3 is 4.74 Å². The Balaban J connectivity index is 1.97. The zero-order chi connectivity index (χ0) is 21.2. The van der Waals surface area contributed by atoms with Gasteiger partial charge >= 0.3 is 12.4 Å². The minimum atomic E-state index is -4.88. The van der Waals surface area contributed by atoms with E-state index < -0.39 is 37.4 Å². The van der Waals surface area contributed by atoms with Crippen LogP contribution >= 0.6 is 8.58 Å². The zero-order valence-corrected chi connectivity index (χ0v) is 16.0. The van der Waals surface area contributed by atoms with Crippen molar-refractivity contribution in [2.24, 2.45) is 0 Å². The Labute approximate surface area is 165 Å². The highest BCUT2D eigenvalue weighted by atomic mass is 31.1. The quantitative estimate of drug-likeness (QED) is 0.343. The van der Waals surface area contributed by atoms with Crippen molar-refractivity contribution in [3.63, 3.8) is 0 Å². The smallest absolute Gasteiger partial charge is 0.417 e. The fourth-order valence-electron chi connectivity index (χ4n) is 2.76. The predicted molar refractivity (Wildman–Crippen MR) is 102 cm³/mol. The molecule has 0 aliphatic rings. The molecule has 1 unspecified atom stereocenters. The van der Waals surface area contributed by atoms with E-state index in [1.165, 1.54) is 12.1 Å². The summed E-state index contributed by atoms with van der Waals surface area (Å²) in [4.78, 5) is 0. The van der Waals surface area contributed by atoms with Crippen LogP contribution in [0.5, 0.6) is 11.5 Å². The minimum Gasteiger partial charge on any atom is -0.457 e. The van der Waals surface area contributed by atoms with Gasteiger partial charge in [0.1, 0.15) is 11.5 Å². The molecule has 0 saturated heterocycles. The molecular weight excluding hydrogens is 413 g/mol. The van der Waals surface area contributed by atoms with E-state index in [2.05, 4.69) is 0 Å². The molecule has 0 amide bonds. The molecule has 3 aromatic rings. The molecule has 8 heteroatoms. The van der Waals surface area contributed by atoms with Crippen molar-refractivity contribution < 1.29 is 31.1 Å². The third-order valence-electron chi connectivity index (χ3n) is 4.11. The normalized spacial score (nSPS) is 12.5. The van der Waals surface area contributed by atoms with Crippen LogP contribution in [0.25, 0.3) is 0 Å². The topological polar surface area (TPSA) is 9.23 Å². The highest BCUT2D eigenvalue weighted by Crippen LogP contribution is 2.38. The Morgan fingerprint density at radius 1 is 0.690 bits per heavy atom. The molecule has 0 fully saturated rings. The first-order valence-electron chi connectivity index (χ1n) is 8.43. The second-order valence-corrected chi connectivity index (χ2v) is 7.53. The second-order valence-electron chi connectivity index (χ2n) is 6.24. The van der Waals surface area contributed by atoms with E-state index in [9.17, 15) is 26.3 Å². The zero-order valence-electron chi connectivity index (χ0n) is 15.0. The molecule has 3 aromatic carbocycles. The summed E-state index contributed by atoms with van der Waals surface area (Å²) in [6, 6.07) is 15.6. The monoisotopic (exact) mass is 428 g/mol. The third-order valence-corrected chi connectivity index (χ3v) is 5.73. The highest BCUT2D eigenvalue weighted by molar-refractivity contribution is 7.55. The van der Waals surface area contributed by atoms with Crippen LogP contribution in [-0.4, -0.2) is 0 Å². The van der Waals surface area contributed by atoms with E-state index in [1.807, 2.05) is 6.07 Å². The molecule has 0 radical (unpaired) electrons. The van der Waals surface area contributed by atoms with E-state index in [1.54, 1.807) is 37.3 Å². The standard InChI is InChI=1S/C21H15F6OP/c1-13-12-15(28-14-6-3-2-4-7-14)10-11-18(13)29-19-16(20(22,23)24)8-5-9-17(19)21(25,26)27/h2-12,29H,1H3. The lowest BCUT2D eigenvalue weighted by Gasteiger charge is -2.19. The maximum absolute atomic E-state index is 13.3. The minimum absolute atomic E-state index is 0.382. The van der Waals surface area contributed by atoms with Gasteiger partial charge in [-0.1, -0.05) is 38.9 Å². The van der Waals surface area contributed by atoms with Crippen LogP contribution in [0, 0.1) is 6.92 Å². The van der Waals surface area contributed by atoms with E-state index >= 15 is 0 Å². The second kappa shape index (κ2) is 8.07. The largest absolute Gasteiger partial charge is 0.457 e. The molecule has 1 atom stereocenters. The number of rotatable bonds is 4. The van der Waals surface area contributed by atoms with Gasteiger partial charge in [0, 0.05) is 5.30 Å². The Bertz CT molecular complexity index is 964. The van der Waals surface area contributed by atoms with Crippen molar-refractivity contribution in [1.29, 1.82) is 0 Å². The molecule has 3 rings (SSSR count). The number of hydrogen-bond acceptors (Lipinski definition) is 1. The van der Waals surface area contributed by atoms with Gasteiger partial charge in [0.25, 0.3) is 0 Å². The van der Waals surface area contributed by atoms with Gasteiger partial charge in [-0.15, -0.1) is 0 Å². The summed E-state index contributed by atoms with van der Waals surface area (Å²) in [5.41, 5.74) is -1.99. The van der Waals surface area contributed by atoms with Gasteiger partial charge in [-0.2, -0.15) is 26.3 Å². The highest BCUT2D eigenvalue weighted by Gasteiger charge is 2.40. The summed E-state index contributed by atoms with van der Waals surface area (Å²) in [7, 11) is -0.811. The summed E-state index contributed by atoms with van der Waals surface area (Å²) >= 11 is 0. The first-order chi connectivity index (χ1) is 13.6. The van der Waals surface area contributed by atoms with Crippen molar-refractivity contribution in [2.75, 3.05) is 0 Å². The number of aryl methyl sites for hydroxylation is 1. The van der Waals surface area contributed by atoms with Crippen LogP contribution < -0.4 is 15.3 Å². The molecule has 29 heavy (non-hydrogen) atoms. The lowest BCUT2D eigenvalue weighted by molar-refractivity contribution is -0.141. The Morgan fingerprint density at radius 2 is 1.28 bits per heavy atom. The SMILES string of the molecule is Cc1cc(Oc2ccccc2)ccc1Pc1c(C(F)(F)F)cccc1C(F)(F)F. The molecule has 0 heterocycles. The average Bonchev–Trinajstić information content (AvgIpc) is 2.63. The number of para-hydroxylation sites is 1. The predicted octanol–water partition coefficient (Wildman–Crippen LogP) is 6.45. The van der Waals surface area contributed by atoms with Gasteiger partial charge in [-0.3, -0.25) is 0 Å². The maximum atomic E-state index is 13.3. The average molecular weight is 428 g/mol. The first-order valence-corrected chi connectivity index (χ1v) is 9.43. The van der Waals surface area contributed by atoms with Gasteiger partial charge in [0.15, 0.2) is 0 Å². The molecule has 0 N–H and O–H groups in total. The first kappa shape index (κ1) is 21.2. The van der Waals surface area contributed by atoms with Crippen molar-refractivity contribution in [1.82, 2.24) is 0 Å². The molecule has 0 aliphatic carbocycles. The molecule has 0 bridgehead atoms. The number of halogens is 6. The van der Waals surface area contributed by atoms with Crippen LogP contribution in [0.1, 0.15) is 16.7 Å². The third kappa shape index (κ3) is 5.10. The van der Waals surface area contributed by atoms with Crippen molar-refractivity contribution in [2.45, 2.75) is 19.3 Å². The molecule has 152 valence electrons. The number of ether oxygens (including phenoxy) is 1. The van der Waals surface area contributed by atoms with Crippen LogP contribution in [0.15, 0.2) is 66.7 Å². The summed E-state index contributed by atoms with van der Waals surface area (Å²) in [6.07, 6.45) is -9.76. The number of hydrogen-bond donors (Lipinski definition) is 0. The van der Waals surface area contributed by atoms with E-state index in [0.717, 1.165) is 6.07 Å². The fourth-order valence-corrected chi connectivity index (χ4v) is 4.18. The lowest BCUT2D eigenvalue weighted by atomic mass is 10.1. The fraction of sp³-hybridized carbons (Fsp3) is 0.143. The van der Waals surface area contributed by atoms with E-state index in [4.69, 9.17) is 4.74 Å². The van der Waals surface area contributed by atoms with Gasteiger partial charge in [-0.25, -0.2) is 0 Å². The molecule has 0 saturated carbocycles. The molecule has 1 nitrogen and oxygen atoms in total. The summed E-state index contributed by atoms with van der Waals surface area (Å²) in [6.45, 7) is 1.63. The maximum Gasteiger partial charge on any atom is 0.417 e. The molecule has 0 aromatic heterocycles. The van der Waals surface area contributed by atoms with Crippen LogP contribution in [0.4, 0.5) is 26.3 Å². The van der Waals surface area contributed by atoms with Gasteiger partial charge in [0.05, 0.1) is 11.1 Å². The molecule has 0 spiro atoms. The lowest BCUT2D eigenvalue weighted by Crippen LogP contribution is -2.26. The number of alkyl halides is 6. The Morgan fingerprint density at radius 3 is 1.79 bits per heavy atom. The summed E-state index contributed by atoms with van der Waals surface area (Å²) < 4.78 is 85.7. The van der Waals surface area contributed by atoms with Crippen molar-refractivity contribution in [3.05, 3.63) is 83.4 Å². The molecule has 0 aliphatic heterocycles. The summed E-state index contributed by atoms with van der Waals surface area (Å²) in [5.74, 6) is 1.02. The molecular formula is C21H15F6OP. The van der Waals surface area contributed by atoms with Crippen LogP contribution in [0.3, 0.4) is 0 Å². The summed E-state index contributed by atoms with van der Waals surface area (Å²) in [5, 5.41) is -0.375.